The molecule has 0 aromatic carbocycles. The van der Waals surface area contributed by atoms with E-state index in [1.165, 1.54) is 10.6 Å². The highest BCUT2D eigenvalue weighted by Crippen LogP contribution is 2.21. The van der Waals surface area contributed by atoms with Crippen molar-refractivity contribution in [2.75, 3.05) is 7.11 Å². The van der Waals surface area contributed by atoms with Crippen molar-refractivity contribution in [1.29, 1.82) is 0 Å². The van der Waals surface area contributed by atoms with Gasteiger partial charge in [0.2, 0.25) is 0 Å². The highest BCUT2D eigenvalue weighted by molar-refractivity contribution is 5.94. The summed E-state index contributed by atoms with van der Waals surface area (Å²) in [4.78, 5) is 24.4. The number of methoxy groups -OCH3 is 1. The van der Waals surface area contributed by atoms with Crippen LogP contribution in [0.15, 0.2) is 16.9 Å². The molecule has 1 aliphatic carbocycles. The Bertz CT molecular complexity index is 582. The molecule has 6 nitrogen and oxygen atoms in total. The molecule has 1 fully saturated rings. The lowest BCUT2D eigenvalue weighted by molar-refractivity contribution is -0.0513. The van der Waals surface area contributed by atoms with Crippen molar-refractivity contribution >= 4 is 5.91 Å². The first-order valence-electron chi connectivity index (χ1n) is 7.14. The topological polar surface area (TPSA) is 80.6 Å². The summed E-state index contributed by atoms with van der Waals surface area (Å²) in [6.07, 6.45) is 1.30. The van der Waals surface area contributed by atoms with E-state index in [-0.39, 0.29) is 23.3 Å². The molecule has 0 saturated heterocycles. The molecule has 116 valence electrons. The van der Waals surface area contributed by atoms with E-state index < -0.39 is 12.0 Å². The largest absolute Gasteiger partial charge is 0.388 e. The molecule has 0 unspecified atom stereocenters. The van der Waals surface area contributed by atoms with E-state index >= 15 is 0 Å². The number of aliphatic hydroxyl groups excluding tert-OH is 1. The molecular weight excluding hydrogens is 272 g/mol. The van der Waals surface area contributed by atoms with Crippen molar-refractivity contribution in [2.24, 2.45) is 7.05 Å². The molecule has 2 N–H and O–H groups in total. The van der Waals surface area contributed by atoms with Gasteiger partial charge in [-0.15, -0.1) is 0 Å². The number of hydrogen-bond donors (Lipinski definition) is 2. The minimum Gasteiger partial charge on any atom is -0.388 e. The van der Waals surface area contributed by atoms with Crippen molar-refractivity contribution in [3.8, 4) is 0 Å². The van der Waals surface area contributed by atoms with Crippen LogP contribution >= 0.6 is 0 Å². The van der Waals surface area contributed by atoms with Crippen molar-refractivity contribution < 1.29 is 14.6 Å². The van der Waals surface area contributed by atoms with Crippen LogP contribution in [-0.4, -0.2) is 40.9 Å². The van der Waals surface area contributed by atoms with Crippen molar-refractivity contribution in [1.82, 2.24) is 9.88 Å². The summed E-state index contributed by atoms with van der Waals surface area (Å²) in [5.74, 6) is -0.448. The van der Waals surface area contributed by atoms with E-state index in [0.717, 1.165) is 18.5 Å². The van der Waals surface area contributed by atoms with Crippen LogP contribution in [0.3, 0.4) is 0 Å². The maximum absolute atomic E-state index is 12.3. The predicted octanol–water partition coefficient (Wildman–Crippen LogP) is 0.352. The zero-order valence-corrected chi connectivity index (χ0v) is 12.6. The van der Waals surface area contributed by atoms with Crippen LogP contribution in [0.25, 0.3) is 0 Å². The lowest BCUT2D eigenvalue weighted by Gasteiger charge is -2.34. The van der Waals surface area contributed by atoms with Gasteiger partial charge in [-0.1, -0.05) is 0 Å². The Morgan fingerprint density at radius 2 is 2.14 bits per heavy atom. The second kappa shape index (κ2) is 6.41. The Morgan fingerprint density at radius 1 is 1.43 bits per heavy atom. The van der Waals surface area contributed by atoms with Gasteiger partial charge in [0.1, 0.15) is 11.7 Å². The Balaban J connectivity index is 2.15. The van der Waals surface area contributed by atoms with E-state index in [2.05, 4.69) is 5.32 Å². The molecule has 21 heavy (non-hydrogen) atoms. The second-order valence-corrected chi connectivity index (χ2v) is 5.53. The number of nitrogens with zero attached hydrogens (tertiary/aromatic N) is 1. The van der Waals surface area contributed by atoms with Crippen LogP contribution in [0, 0.1) is 6.92 Å². The molecule has 1 aliphatic rings. The Morgan fingerprint density at radius 3 is 2.81 bits per heavy atom. The molecule has 2 rings (SSSR count). The fraction of sp³-hybridized carbons (Fsp3) is 0.600. The van der Waals surface area contributed by atoms with E-state index in [4.69, 9.17) is 4.74 Å². The fourth-order valence-electron chi connectivity index (χ4n) is 2.70. The number of amides is 1. The highest BCUT2D eigenvalue weighted by Gasteiger charge is 2.33. The summed E-state index contributed by atoms with van der Waals surface area (Å²) in [5, 5.41) is 12.9. The van der Waals surface area contributed by atoms with Crippen molar-refractivity contribution in [3.63, 3.8) is 0 Å². The minimum atomic E-state index is -0.748. The van der Waals surface area contributed by atoms with Crippen LogP contribution in [0.1, 0.15) is 35.3 Å². The predicted molar refractivity (Wildman–Crippen MR) is 78.3 cm³/mol. The zero-order chi connectivity index (χ0) is 15.6. The number of ether oxygens (including phenoxy) is 1. The van der Waals surface area contributed by atoms with Gasteiger partial charge in [-0.2, -0.15) is 0 Å². The number of aryl methyl sites for hydroxylation is 1. The minimum absolute atomic E-state index is 0.0924. The molecule has 1 aromatic rings. The maximum atomic E-state index is 12.3. The average molecular weight is 294 g/mol. The smallest absolute Gasteiger partial charge is 0.263 e. The molecule has 0 bridgehead atoms. The van der Waals surface area contributed by atoms with Gasteiger partial charge in [0, 0.05) is 19.9 Å². The third-order valence-corrected chi connectivity index (χ3v) is 4.22. The van der Waals surface area contributed by atoms with Crippen LogP contribution < -0.4 is 10.9 Å². The molecular formula is C15H22N2O4. The molecule has 1 aromatic heterocycles. The fourth-order valence-corrected chi connectivity index (χ4v) is 2.70. The third kappa shape index (κ3) is 3.16. The number of rotatable bonds is 3. The summed E-state index contributed by atoms with van der Waals surface area (Å²) < 4.78 is 6.65. The number of hydrogen-bond acceptors (Lipinski definition) is 4. The lowest BCUT2D eigenvalue weighted by Crippen LogP contribution is -2.52. The van der Waals surface area contributed by atoms with Gasteiger partial charge in [-0.05, 0) is 38.3 Å². The molecule has 1 heterocycles. The normalized spacial score (nSPS) is 25.6. The Labute approximate surface area is 123 Å². The molecule has 1 amide bonds. The van der Waals surface area contributed by atoms with Crippen LogP contribution in [0.4, 0.5) is 0 Å². The lowest BCUT2D eigenvalue weighted by atomic mass is 9.89. The Kier molecular flexibility index (Phi) is 4.80. The molecule has 0 spiro atoms. The van der Waals surface area contributed by atoms with Crippen LogP contribution in [-0.2, 0) is 11.8 Å². The SMILES string of the molecule is CO[C@@H]1CCC[C@@H](NC(=O)c2ccc(C)n(C)c2=O)[C@H]1O. The van der Waals surface area contributed by atoms with Crippen LogP contribution in [0.2, 0.25) is 0 Å². The average Bonchev–Trinajstić information content (AvgIpc) is 2.47. The summed E-state index contributed by atoms with van der Waals surface area (Å²) in [7, 11) is 3.18. The van der Waals surface area contributed by atoms with Gasteiger partial charge in [0.05, 0.1) is 12.1 Å². The van der Waals surface area contributed by atoms with Gasteiger partial charge in [-0.3, -0.25) is 9.59 Å². The summed E-state index contributed by atoms with van der Waals surface area (Å²) >= 11 is 0. The summed E-state index contributed by atoms with van der Waals surface area (Å²) in [5.41, 5.74) is 0.546. The van der Waals surface area contributed by atoms with E-state index in [0.29, 0.717) is 6.42 Å². The monoisotopic (exact) mass is 294 g/mol. The second-order valence-electron chi connectivity index (χ2n) is 5.53. The molecule has 1 saturated carbocycles. The number of aliphatic hydroxyl groups is 1. The zero-order valence-electron chi connectivity index (χ0n) is 12.6. The van der Waals surface area contributed by atoms with Gasteiger partial charge in [-0.25, -0.2) is 0 Å². The first-order chi connectivity index (χ1) is 9.95. The van der Waals surface area contributed by atoms with E-state index in [9.17, 15) is 14.7 Å². The third-order valence-electron chi connectivity index (χ3n) is 4.22. The van der Waals surface area contributed by atoms with Gasteiger partial charge < -0.3 is 19.7 Å². The van der Waals surface area contributed by atoms with E-state index in [1.807, 2.05) is 0 Å². The molecule has 0 aliphatic heterocycles. The number of pyridine rings is 1. The molecule has 0 radical (unpaired) electrons. The maximum Gasteiger partial charge on any atom is 0.263 e. The van der Waals surface area contributed by atoms with Crippen molar-refractivity contribution in [2.45, 2.75) is 44.4 Å². The highest BCUT2D eigenvalue weighted by atomic mass is 16.5. The number of nitrogens with one attached hydrogen (secondary N) is 1. The quantitative estimate of drug-likeness (QED) is 0.843. The van der Waals surface area contributed by atoms with Gasteiger partial charge in [0.25, 0.3) is 11.5 Å². The number of aromatic nitrogens is 1. The summed E-state index contributed by atoms with van der Waals surface area (Å²) in [6.45, 7) is 1.80. The first kappa shape index (κ1) is 15.7. The van der Waals surface area contributed by atoms with Gasteiger partial charge in [0.15, 0.2) is 0 Å². The van der Waals surface area contributed by atoms with Crippen LogP contribution in [0.5, 0.6) is 0 Å². The number of carbonyl (C=O) groups excluding carboxylic acids is 1. The standard InChI is InChI=1S/C15H22N2O4/c1-9-7-8-10(15(20)17(9)2)14(19)16-11-5-4-6-12(21-3)13(11)18/h7-8,11-13,18H,4-6H2,1-3H3,(H,16,19)/t11-,12-,13-/m1/s1. The molecule has 6 heteroatoms. The van der Waals surface area contributed by atoms with Crippen molar-refractivity contribution in [3.05, 3.63) is 33.7 Å². The molecule has 3 atom stereocenters. The first-order valence-corrected chi connectivity index (χ1v) is 7.14. The Hall–Kier alpha value is -1.66. The van der Waals surface area contributed by atoms with Gasteiger partial charge >= 0.3 is 0 Å². The van der Waals surface area contributed by atoms with E-state index in [1.54, 1.807) is 27.1 Å². The number of carbonyl (C=O) groups is 1. The summed E-state index contributed by atoms with van der Waals surface area (Å²) in [6, 6.07) is 2.86.